The van der Waals surface area contributed by atoms with Crippen LogP contribution in [0.5, 0.6) is 0 Å². The summed E-state index contributed by atoms with van der Waals surface area (Å²) < 4.78 is 5.32. The predicted molar refractivity (Wildman–Crippen MR) is 80.4 cm³/mol. The number of halogens is 1. The molecular weight excluding hydrogens is 298 g/mol. The first kappa shape index (κ1) is 14.9. The van der Waals surface area contributed by atoms with E-state index in [1.54, 1.807) is 17.0 Å². The summed E-state index contributed by atoms with van der Waals surface area (Å²) >= 11 is 7.32. The molecule has 0 saturated carbocycles. The third-order valence-electron chi connectivity index (χ3n) is 2.58. The van der Waals surface area contributed by atoms with Crippen molar-refractivity contribution in [3.63, 3.8) is 0 Å². The minimum absolute atomic E-state index is 0.0752. The van der Waals surface area contributed by atoms with Crippen LogP contribution in [0.4, 0.5) is 10.5 Å². The lowest BCUT2D eigenvalue weighted by atomic mass is 9.93. The number of rotatable bonds is 3. The molecule has 0 atom stereocenters. The molecule has 0 fully saturated rings. The van der Waals surface area contributed by atoms with Crippen LogP contribution in [-0.4, -0.2) is 11.0 Å². The zero-order valence-electron chi connectivity index (χ0n) is 11.5. The van der Waals surface area contributed by atoms with Gasteiger partial charge in [-0.3, -0.25) is 0 Å². The number of anilines is 1. The summed E-state index contributed by atoms with van der Waals surface area (Å²) in [5, 5.41) is 9.37. The van der Waals surface area contributed by atoms with Gasteiger partial charge >= 0.3 is 6.03 Å². The lowest BCUT2D eigenvalue weighted by molar-refractivity contribution is 0.250. The maximum Gasteiger partial charge on any atom is 0.319 e. The van der Waals surface area contributed by atoms with Crippen molar-refractivity contribution >= 4 is 34.7 Å². The summed E-state index contributed by atoms with van der Waals surface area (Å²) in [4.78, 5) is 16.0. The Balaban J connectivity index is 1.88. The van der Waals surface area contributed by atoms with Crippen molar-refractivity contribution in [1.29, 1.82) is 0 Å². The Labute approximate surface area is 126 Å². The van der Waals surface area contributed by atoms with Gasteiger partial charge in [-0.15, -0.1) is 11.3 Å². The molecule has 2 aromatic rings. The molecule has 0 unspecified atom stereocenters. The quantitative estimate of drug-likeness (QED) is 0.899. The van der Waals surface area contributed by atoms with Crippen LogP contribution in [0.1, 0.15) is 32.4 Å². The van der Waals surface area contributed by atoms with Crippen LogP contribution < -0.4 is 10.6 Å². The molecule has 7 heteroatoms. The third kappa shape index (κ3) is 3.74. The molecule has 108 valence electrons. The number of urea groups is 1. The minimum atomic E-state index is -0.346. The first-order valence-electron chi connectivity index (χ1n) is 6.07. The third-order valence-corrected chi connectivity index (χ3v) is 3.77. The van der Waals surface area contributed by atoms with E-state index in [1.165, 1.54) is 11.3 Å². The van der Waals surface area contributed by atoms with E-state index in [4.69, 9.17) is 16.0 Å². The van der Waals surface area contributed by atoms with Crippen LogP contribution in [0, 0.1) is 0 Å². The number of amides is 2. The van der Waals surface area contributed by atoms with E-state index >= 15 is 0 Å². The second-order valence-corrected chi connectivity index (χ2v) is 6.47. The number of nitrogens with one attached hydrogen (secondary N) is 2. The molecule has 2 rings (SSSR count). The van der Waals surface area contributed by atoms with Crippen molar-refractivity contribution in [2.24, 2.45) is 0 Å². The number of hydrogen-bond donors (Lipinski definition) is 2. The Morgan fingerprint density at radius 2 is 2.20 bits per heavy atom. The highest BCUT2D eigenvalue weighted by Crippen LogP contribution is 2.25. The highest BCUT2D eigenvalue weighted by atomic mass is 35.5. The number of oxazole rings is 1. The molecule has 0 radical (unpaired) electrons. The van der Waals surface area contributed by atoms with Crippen LogP contribution in [-0.2, 0) is 12.0 Å². The Hall–Kier alpha value is -1.53. The van der Waals surface area contributed by atoms with E-state index in [2.05, 4.69) is 15.6 Å². The molecule has 0 aliphatic carbocycles. The zero-order chi connectivity index (χ0) is 14.8. The lowest BCUT2D eigenvalue weighted by Crippen LogP contribution is -2.28. The first-order valence-corrected chi connectivity index (χ1v) is 7.40. The van der Waals surface area contributed by atoms with Gasteiger partial charge in [0.25, 0.3) is 0 Å². The van der Waals surface area contributed by atoms with Gasteiger partial charge in [0, 0.05) is 16.2 Å². The molecule has 0 spiro atoms. The van der Waals surface area contributed by atoms with Crippen molar-refractivity contribution in [3.8, 4) is 0 Å². The maximum absolute atomic E-state index is 11.7. The van der Waals surface area contributed by atoms with Gasteiger partial charge in [-0.05, 0) is 0 Å². The highest BCUT2D eigenvalue weighted by molar-refractivity contribution is 7.09. The monoisotopic (exact) mass is 313 g/mol. The number of thiophene rings is 1. The molecule has 5 nitrogen and oxygen atoms in total. The number of hydrogen-bond acceptors (Lipinski definition) is 4. The second kappa shape index (κ2) is 5.85. The summed E-state index contributed by atoms with van der Waals surface area (Å²) in [6, 6.07) is -0.346. The van der Waals surface area contributed by atoms with Gasteiger partial charge in [-0.1, -0.05) is 32.4 Å². The van der Waals surface area contributed by atoms with E-state index in [0.717, 1.165) is 5.69 Å². The van der Waals surface area contributed by atoms with E-state index in [9.17, 15) is 4.79 Å². The van der Waals surface area contributed by atoms with Gasteiger partial charge in [-0.25, -0.2) is 9.78 Å². The van der Waals surface area contributed by atoms with Crippen molar-refractivity contribution in [3.05, 3.63) is 33.6 Å². The van der Waals surface area contributed by atoms with Crippen LogP contribution in [0.15, 0.2) is 21.4 Å². The fourth-order valence-electron chi connectivity index (χ4n) is 1.43. The number of nitrogens with zero attached hydrogens (tertiary/aromatic N) is 1. The minimum Gasteiger partial charge on any atom is -0.447 e. The topological polar surface area (TPSA) is 67.2 Å². The Morgan fingerprint density at radius 3 is 2.75 bits per heavy atom. The highest BCUT2D eigenvalue weighted by Gasteiger charge is 2.18. The van der Waals surface area contributed by atoms with Crippen molar-refractivity contribution in [2.75, 3.05) is 5.32 Å². The molecule has 2 N–H and O–H groups in total. The Bertz CT molecular complexity index is 601. The largest absolute Gasteiger partial charge is 0.447 e. The van der Waals surface area contributed by atoms with Gasteiger partial charge < -0.3 is 15.1 Å². The molecule has 0 saturated heterocycles. The second-order valence-electron chi connectivity index (χ2n) is 5.32. The van der Waals surface area contributed by atoms with Gasteiger partial charge in [0.15, 0.2) is 0 Å². The summed E-state index contributed by atoms with van der Waals surface area (Å²) in [5.41, 5.74) is 1.38. The SMILES string of the molecule is CC(C)(C)c1coc(CNC(=O)Nc2cscc2Cl)n1. The molecular formula is C13H16ClN3O2S. The van der Waals surface area contributed by atoms with E-state index < -0.39 is 0 Å². The average Bonchev–Trinajstić information content (AvgIpc) is 2.96. The summed E-state index contributed by atoms with van der Waals surface area (Å²) in [7, 11) is 0. The maximum atomic E-state index is 11.7. The van der Waals surface area contributed by atoms with Gasteiger partial charge in [0.2, 0.25) is 5.89 Å². The van der Waals surface area contributed by atoms with Crippen LogP contribution in [0.2, 0.25) is 5.02 Å². The molecule has 0 aromatic carbocycles. The first-order chi connectivity index (χ1) is 9.36. The molecule has 20 heavy (non-hydrogen) atoms. The van der Waals surface area contributed by atoms with Gasteiger partial charge in [0.1, 0.15) is 6.26 Å². The summed E-state index contributed by atoms with van der Waals surface area (Å²) in [6.45, 7) is 6.37. The fraction of sp³-hybridized carbons (Fsp3) is 0.385. The van der Waals surface area contributed by atoms with E-state index in [-0.39, 0.29) is 18.0 Å². The van der Waals surface area contributed by atoms with Crippen LogP contribution in [0.3, 0.4) is 0 Å². The standard InChI is InChI=1S/C13H16ClN3O2S/c1-13(2,3)10-5-19-11(17-10)4-15-12(18)16-9-7-20-6-8(9)14/h5-7H,4H2,1-3H3,(H2,15,16,18). The molecule has 0 aliphatic heterocycles. The molecule has 2 aromatic heterocycles. The summed E-state index contributed by atoms with van der Waals surface area (Å²) in [6.07, 6.45) is 1.62. The van der Waals surface area contributed by atoms with Crippen molar-refractivity contribution in [1.82, 2.24) is 10.3 Å². The zero-order valence-corrected chi connectivity index (χ0v) is 13.1. The van der Waals surface area contributed by atoms with Crippen LogP contribution in [0.25, 0.3) is 0 Å². The number of carbonyl (C=O) groups is 1. The molecule has 2 amide bonds. The van der Waals surface area contributed by atoms with Crippen LogP contribution >= 0.6 is 22.9 Å². The normalized spacial score (nSPS) is 11.4. The average molecular weight is 314 g/mol. The predicted octanol–water partition coefficient (Wildman–Crippen LogP) is 4.01. The van der Waals surface area contributed by atoms with Gasteiger partial charge in [0.05, 0.1) is 22.9 Å². The smallest absolute Gasteiger partial charge is 0.319 e. The van der Waals surface area contributed by atoms with E-state index in [0.29, 0.717) is 16.6 Å². The molecule has 2 heterocycles. The Kier molecular flexibility index (Phi) is 4.35. The number of carbonyl (C=O) groups excluding carboxylic acids is 1. The molecule has 0 aliphatic rings. The summed E-state index contributed by atoms with van der Waals surface area (Å²) in [5.74, 6) is 0.474. The fourth-order valence-corrected chi connectivity index (χ4v) is 2.39. The van der Waals surface area contributed by atoms with Crippen molar-refractivity contribution < 1.29 is 9.21 Å². The lowest BCUT2D eigenvalue weighted by Gasteiger charge is -2.13. The van der Waals surface area contributed by atoms with Crippen molar-refractivity contribution in [2.45, 2.75) is 32.7 Å². The number of aromatic nitrogens is 1. The Morgan fingerprint density at radius 1 is 1.45 bits per heavy atom. The van der Waals surface area contributed by atoms with E-state index in [1.807, 2.05) is 20.8 Å². The van der Waals surface area contributed by atoms with Gasteiger partial charge in [-0.2, -0.15) is 0 Å². The molecule has 0 bridgehead atoms.